The van der Waals surface area contributed by atoms with Gasteiger partial charge in [0, 0.05) is 41.8 Å². The second kappa shape index (κ2) is 5.88. The molecule has 0 bridgehead atoms. The number of aromatic nitrogens is 1. The number of para-hydroxylation sites is 1. The molecule has 0 saturated carbocycles. The average molecular weight is 332 g/mol. The van der Waals surface area contributed by atoms with Gasteiger partial charge in [-0.15, -0.1) is 6.58 Å². The van der Waals surface area contributed by atoms with Crippen molar-refractivity contribution in [3.8, 4) is 0 Å². The summed E-state index contributed by atoms with van der Waals surface area (Å²) in [5.41, 5.74) is 2.55. The first kappa shape index (κ1) is 15.6. The summed E-state index contributed by atoms with van der Waals surface area (Å²) in [4.78, 5) is 17.2. The van der Waals surface area contributed by atoms with Crippen molar-refractivity contribution in [2.75, 3.05) is 0 Å². The predicted molar refractivity (Wildman–Crippen MR) is 99.5 cm³/mol. The van der Waals surface area contributed by atoms with Gasteiger partial charge >= 0.3 is 5.97 Å². The van der Waals surface area contributed by atoms with Crippen LogP contribution in [0.25, 0.3) is 10.9 Å². The van der Waals surface area contributed by atoms with Crippen molar-refractivity contribution in [3.63, 3.8) is 0 Å². The first-order valence-corrected chi connectivity index (χ1v) is 8.56. The zero-order valence-corrected chi connectivity index (χ0v) is 14.2. The minimum Gasteiger partial charge on any atom is -0.444 e. The van der Waals surface area contributed by atoms with E-state index in [9.17, 15) is 4.79 Å². The fourth-order valence-electron chi connectivity index (χ4n) is 3.80. The first-order valence-electron chi connectivity index (χ1n) is 8.56. The van der Waals surface area contributed by atoms with Crippen LogP contribution >= 0.6 is 0 Å². The molecule has 25 heavy (non-hydrogen) atoms. The van der Waals surface area contributed by atoms with E-state index in [0.717, 1.165) is 23.0 Å². The third kappa shape index (κ3) is 2.21. The van der Waals surface area contributed by atoms with Crippen molar-refractivity contribution in [2.45, 2.75) is 31.9 Å². The maximum atomic E-state index is 12.6. The highest BCUT2D eigenvalue weighted by Crippen LogP contribution is 2.48. The second-order valence-corrected chi connectivity index (χ2v) is 6.29. The van der Waals surface area contributed by atoms with Gasteiger partial charge in [-0.05, 0) is 25.5 Å². The zero-order valence-electron chi connectivity index (χ0n) is 14.2. The first-order chi connectivity index (χ1) is 12.2. The maximum Gasteiger partial charge on any atom is 0.337 e. The lowest BCUT2D eigenvalue weighted by Crippen LogP contribution is -2.28. The molecule has 2 aliphatic rings. The summed E-state index contributed by atoms with van der Waals surface area (Å²) in [5, 5.41) is 1.08. The minimum atomic E-state index is -0.906. The van der Waals surface area contributed by atoms with Gasteiger partial charge in [0.15, 0.2) is 5.60 Å². The van der Waals surface area contributed by atoms with Crippen LogP contribution in [0.4, 0.5) is 0 Å². The number of benzene rings is 1. The lowest BCUT2D eigenvalue weighted by molar-refractivity contribution is -0.147. The number of allylic oxidation sites excluding steroid dienone is 2. The molecule has 4 nitrogen and oxygen atoms in total. The standard InChI is InChI=1S/C21H20N2O2/c1-3-12-21(19-16(20(24)25-21)10-7-8-13-22-19)17-14-23(4-2)18-11-6-5-9-15(17)18/h3,5-9,11,13-14H,1,4,10,12H2,2H3. The van der Waals surface area contributed by atoms with Crippen LogP contribution in [0, 0.1) is 0 Å². The minimum absolute atomic E-state index is 0.283. The van der Waals surface area contributed by atoms with Gasteiger partial charge in [-0.2, -0.15) is 0 Å². The number of ether oxygens (including phenoxy) is 1. The van der Waals surface area contributed by atoms with E-state index in [-0.39, 0.29) is 5.97 Å². The Morgan fingerprint density at radius 3 is 3.04 bits per heavy atom. The molecule has 1 aromatic heterocycles. The highest BCUT2D eigenvalue weighted by atomic mass is 16.6. The Balaban J connectivity index is 2.02. The smallest absolute Gasteiger partial charge is 0.337 e. The van der Waals surface area contributed by atoms with Crippen LogP contribution in [0.5, 0.6) is 0 Å². The number of aliphatic imine (C=N–C) groups is 1. The van der Waals surface area contributed by atoms with E-state index in [4.69, 9.17) is 4.74 Å². The highest BCUT2D eigenvalue weighted by molar-refractivity contribution is 5.96. The van der Waals surface area contributed by atoms with E-state index in [1.807, 2.05) is 24.3 Å². The number of hydrogen-bond donors (Lipinski definition) is 0. The van der Waals surface area contributed by atoms with Crippen LogP contribution in [0.2, 0.25) is 0 Å². The Kier molecular flexibility index (Phi) is 3.68. The molecule has 1 atom stereocenters. The van der Waals surface area contributed by atoms with E-state index in [1.165, 1.54) is 0 Å². The Morgan fingerprint density at radius 1 is 1.40 bits per heavy atom. The predicted octanol–water partition coefficient (Wildman–Crippen LogP) is 4.27. The Morgan fingerprint density at radius 2 is 2.24 bits per heavy atom. The molecule has 0 N–H and O–H groups in total. The summed E-state index contributed by atoms with van der Waals surface area (Å²) in [6, 6.07) is 8.20. The number of hydrogen-bond acceptors (Lipinski definition) is 3. The van der Waals surface area contributed by atoms with Gasteiger partial charge in [-0.25, -0.2) is 4.79 Å². The van der Waals surface area contributed by atoms with Crippen molar-refractivity contribution in [1.82, 2.24) is 4.57 Å². The SMILES string of the molecule is C=CCC1(c2cn(CC)c3ccccc23)OC(=O)C2=C1N=CC=CC2. The normalized spacial score (nSPS) is 22.2. The van der Waals surface area contributed by atoms with E-state index in [0.29, 0.717) is 24.1 Å². The molecule has 2 aliphatic heterocycles. The zero-order chi connectivity index (χ0) is 17.4. The molecule has 1 unspecified atom stereocenters. The molecular formula is C21H20N2O2. The number of aryl methyl sites for hydroxylation is 1. The Bertz CT molecular complexity index is 961. The number of carbonyl (C=O) groups excluding carboxylic acids is 1. The summed E-state index contributed by atoms with van der Waals surface area (Å²) in [7, 11) is 0. The highest BCUT2D eigenvalue weighted by Gasteiger charge is 2.49. The van der Waals surface area contributed by atoms with Gasteiger partial charge in [0.25, 0.3) is 0 Å². The van der Waals surface area contributed by atoms with Crippen LogP contribution in [0.3, 0.4) is 0 Å². The van der Waals surface area contributed by atoms with Crippen molar-refractivity contribution in [3.05, 3.63) is 72.1 Å². The lowest BCUT2D eigenvalue weighted by atomic mass is 9.86. The summed E-state index contributed by atoms with van der Waals surface area (Å²) in [5.74, 6) is -0.283. The molecule has 4 rings (SSSR count). The Labute approximate surface area is 146 Å². The van der Waals surface area contributed by atoms with E-state index in [1.54, 1.807) is 12.3 Å². The fraction of sp³-hybridized carbons (Fsp3) is 0.238. The van der Waals surface area contributed by atoms with Gasteiger partial charge < -0.3 is 9.30 Å². The molecule has 0 saturated heterocycles. The van der Waals surface area contributed by atoms with Gasteiger partial charge in [0.2, 0.25) is 0 Å². The molecule has 0 amide bonds. The number of esters is 1. The van der Waals surface area contributed by atoms with E-state index in [2.05, 4.69) is 41.4 Å². The Hall–Kier alpha value is -2.88. The summed E-state index contributed by atoms with van der Waals surface area (Å²) in [6.07, 6.45) is 10.5. The fourth-order valence-corrected chi connectivity index (χ4v) is 3.80. The van der Waals surface area contributed by atoms with Gasteiger partial charge in [-0.1, -0.05) is 30.4 Å². The molecule has 0 aliphatic carbocycles. The van der Waals surface area contributed by atoms with E-state index >= 15 is 0 Å². The molecule has 0 fully saturated rings. The topological polar surface area (TPSA) is 43.6 Å². The second-order valence-electron chi connectivity index (χ2n) is 6.29. The van der Waals surface area contributed by atoms with Gasteiger partial charge in [0.1, 0.15) is 0 Å². The van der Waals surface area contributed by atoms with Crippen LogP contribution in [0.15, 0.2) is 71.5 Å². The molecule has 126 valence electrons. The molecular weight excluding hydrogens is 312 g/mol. The third-order valence-corrected chi connectivity index (χ3v) is 4.93. The number of nitrogens with zero attached hydrogens (tertiary/aromatic N) is 2. The average Bonchev–Trinajstić information content (AvgIpc) is 2.99. The largest absolute Gasteiger partial charge is 0.444 e. The molecule has 0 radical (unpaired) electrons. The molecule has 0 spiro atoms. The van der Waals surface area contributed by atoms with Crippen molar-refractivity contribution in [1.29, 1.82) is 0 Å². The summed E-state index contributed by atoms with van der Waals surface area (Å²) >= 11 is 0. The molecule has 1 aromatic carbocycles. The molecule has 3 heterocycles. The van der Waals surface area contributed by atoms with Crippen LogP contribution < -0.4 is 0 Å². The van der Waals surface area contributed by atoms with Crippen molar-refractivity contribution < 1.29 is 9.53 Å². The molecule has 2 aromatic rings. The number of carbonyl (C=O) groups is 1. The monoisotopic (exact) mass is 332 g/mol. The third-order valence-electron chi connectivity index (χ3n) is 4.93. The van der Waals surface area contributed by atoms with E-state index < -0.39 is 5.60 Å². The summed E-state index contributed by atoms with van der Waals surface area (Å²) < 4.78 is 8.18. The maximum absolute atomic E-state index is 12.6. The van der Waals surface area contributed by atoms with Crippen LogP contribution in [0.1, 0.15) is 25.3 Å². The van der Waals surface area contributed by atoms with Crippen molar-refractivity contribution >= 4 is 23.1 Å². The van der Waals surface area contributed by atoms with Crippen molar-refractivity contribution in [2.24, 2.45) is 4.99 Å². The number of fused-ring (bicyclic) bond motifs is 1. The number of rotatable bonds is 4. The number of cyclic esters (lactones) is 1. The van der Waals surface area contributed by atoms with Gasteiger partial charge in [-0.3, -0.25) is 4.99 Å². The lowest BCUT2D eigenvalue weighted by Gasteiger charge is -2.28. The van der Waals surface area contributed by atoms with Crippen LogP contribution in [-0.4, -0.2) is 16.8 Å². The van der Waals surface area contributed by atoms with Gasteiger partial charge in [0.05, 0.1) is 11.3 Å². The quantitative estimate of drug-likeness (QED) is 0.620. The summed E-state index contributed by atoms with van der Waals surface area (Å²) in [6.45, 7) is 6.85. The molecule has 4 heteroatoms. The van der Waals surface area contributed by atoms with Crippen LogP contribution in [-0.2, 0) is 21.7 Å².